The standard InChI is InChI=1S/C15H23NO/c1-11-9-12(6-7-14(11)17)16-13-5-4-8-15(2,3)10-13/h6-7,9,13,16-17H,4-5,8,10H2,1-3H3. The molecule has 1 aromatic rings. The van der Waals surface area contributed by atoms with Gasteiger partial charge in [0.1, 0.15) is 5.75 Å². The molecule has 0 spiro atoms. The number of hydrogen-bond donors (Lipinski definition) is 2. The van der Waals surface area contributed by atoms with Crippen LogP contribution in [0.2, 0.25) is 0 Å². The summed E-state index contributed by atoms with van der Waals surface area (Å²) in [7, 11) is 0. The van der Waals surface area contributed by atoms with Gasteiger partial charge in [-0.1, -0.05) is 20.3 Å². The highest BCUT2D eigenvalue weighted by atomic mass is 16.3. The number of nitrogens with one attached hydrogen (secondary N) is 1. The van der Waals surface area contributed by atoms with Crippen LogP contribution in [0.15, 0.2) is 18.2 Å². The second-order valence-electron chi connectivity index (χ2n) is 6.10. The summed E-state index contributed by atoms with van der Waals surface area (Å²) in [6.45, 7) is 6.64. The molecule has 0 amide bonds. The van der Waals surface area contributed by atoms with Crippen molar-refractivity contribution in [2.24, 2.45) is 5.41 Å². The average Bonchev–Trinajstić information content (AvgIpc) is 2.22. The van der Waals surface area contributed by atoms with Gasteiger partial charge >= 0.3 is 0 Å². The third-order valence-electron chi connectivity index (χ3n) is 3.77. The number of rotatable bonds is 2. The van der Waals surface area contributed by atoms with Crippen molar-refractivity contribution >= 4 is 5.69 Å². The van der Waals surface area contributed by atoms with Gasteiger partial charge in [0.25, 0.3) is 0 Å². The van der Waals surface area contributed by atoms with Gasteiger partial charge in [-0.15, -0.1) is 0 Å². The van der Waals surface area contributed by atoms with Crippen LogP contribution >= 0.6 is 0 Å². The quantitative estimate of drug-likeness (QED) is 0.754. The van der Waals surface area contributed by atoms with Gasteiger partial charge in [-0.05, 0) is 55.4 Å². The summed E-state index contributed by atoms with van der Waals surface area (Å²) in [6.07, 6.45) is 5.12. The molecular weight excluding hydrogens is 210 g/mol. The lowest BCUT2D eigenvalue weighted by atomic mass is 9.75. The van der Waals surface area contributed by atoms with Gasteiger partial charge in [-0.3, -0.25) is 0 Å². The fourth-order valence-electron chi connectivity index (χ4n) is 2.80. The van der Waals surface area contributed by atoms with Gasteiger partial charge < -0.3 is 10.4 Å². The SMILES string of the molecule is Cc1cc(NC2CCCC(C)(C)C2)ccc1O. The summed E-state index contributed by atoms with van der Waals surface area (Å²) in [5.41, 5.74) is 2.52. The van der Waals surface area contributed by atoms with Crippen LogP contribution < -0.4 is 5.32 Å². The van der Waals surface area contributed by atoms with Crippen LogP contribution in [0.4, 0.5) is 5.69 Å². The molecule has 2 heteroatoms. The Hall–Kier alpha value is -1.18. The molecular formula is C15H23NO. The van der Waals surface area contributed by atoms with Crippen molar-refractivity contribution in [3.63, 3.8) is 0 Å². The first-order chi connectivity index (χ1) is 7.96. The molecule has 1 aliphatic rings. The normalized spacial score (nSPS) is 23.4. The Bertz CT molecular complexity index is 398. The summed E-state index contributed by atoms with van der Waals surface area (Å²) in [5.74, 6) is 0.375. The van der Waals surface area contributed by atoms with Crippen LogP contribution in [-0.4, -0.2) is 11.1 Å². The average molecular weight is 233 g/mol. The Labute approximate surface area is 104 Å². The van der Waals surface area contributed by atoms with Crippen molar-refractivity contribution in [3.05, 3.63) is 23.8 Å². The van der Waals surface area contributed by atoms with E-state index in [-0.39, 0.29) is 0 Å². The Morgan fingerprint density at radius 3 is 2.76 bits per heavy atom. The van der Waals surface area contributed by atoms with Crippen LogP contribution in [0.3, 0.4) is 0 Å². The smallest absolute Gasteiger partial charge is 0.118 e. The third kappa shape index (κ3) is 3.15. The van der Waals surface area contributed by atoms with Crippen LogP contribution in [0.25, 0.3) is 0 Å². The summed E-state index contributed by atoms with van der Waals surface area (Å²) >= 11 is 0. The zero-order valence-corrected chi connectivity index (χ0v) is 11.1. The van der Waals surface area contributed by atoms with E-state index in [4.69, 9.17) is 0 Å². The van der Waals surface area contributed by atoms with Crippen molar-refractivity contribution in [3.8, 4) is 5.75 Å². The largest absolute Gasteiger partial charge is 0.508 e. The monoisotopic (exact) mass is 233 g/mol. The lowest BCUT2D eigenvalue weighted by Gasteiger charge is -2.36. The number of phenols is 1. The Balaban J connectivity index is 2.03. The predicted octanol–water partition coefficient (Wildman–Crippen LogP) is 4.08. The first kappa shape index (κ1) is 12.3. The minimum Gasteiger partial charge on any atom is -0.508 e. The van der Waals surface area contributed by atoms with E-state index in [9.17, 15) is 5.11 Å². The summed E-state index contributed by atoms with van der Waals surface area (Å²) in [4.78, 5) is 0. The van der Waals surface area contributed by atoms with Crippen molar-refractivity contribution in [1.82, 2.24) is 0 Å². The third-order valence-corrected chi connectivity index (χ3v) is 3.77. The molecule has 0 radical (unpaired) electrons. The topological polar surface area (TPSA) is 32.3 Å². The molecule has 1 fully saturated rings. The predicted molar refractivity (Wildman–Crippen MR) is 72.5 cm³/mol. The maximum Gasteiger partial charge on any atom is 0.118 e. The van der Waals surface area contributed by atoms with E-state index in [2.05, 4.69) is 19.2 Å². The second-order valence-corrected chi connectivity index (χ2v) is 6.10. The summed E-state index contributed by atoms with van der Waals surface area (Å²) in [5, 5.41) is 13.1. The molecule has 0 heterocycles. The molecule has 17 heavy (non-hydrogen) atoms. The maximum atomic E-state index is 9.50. The van der Waals surface area contributed by atoms with Crippen molar-refractivity contribution in [1.29, 1.82) is 0 Å². The summed E-state index contributed by atoms with van der Waals surface area (Å²) in [6, 6.07) is 6.33. The Morgan fingerprint density at radius 1 is 1.35 bits per heavy atom. The number of phenolic OH excluding ortho intramolecular Hbond substituents is 1. The van der Waals surface area contributed by atoms with E-state index >= 15 is 0 Å². The zero-order valence-electron chi connectivity index (χ0n) is 11.1. The highest BCUT2D eigenvalue weighted by molar-refractivity contribution is 5.50. The van der Waals surface area contributed by atoms with Gasteiger partial charge in [-0.2, -0.15) is 0 Å². The fraction of sp³-hybridized carbons (Fsp3) is 0.600. The van der Waals surface area contributed by atoms with Gasteiger partial charge in [0, 0.05) is 11.7 Å². The molecule has 0 aliphatic heterocycles. The van der Waals surface area contributed by atoms with Gasteiger partial charge in [0.15, 0.2) is 0 Å². The number of aromatic hydroxyl groups is 1. The van der Waals surface area contributed by atoms with Crippen LogP contribution in [0.1, 0.15) is 45.1 Å². The second kappa shape index (κ2) is 4.59. The molecule has 0 aromatic heterocycles. The van der Waals surface area contributed by atoms with E-state index in [1.54, 1.807) is 6.07 Å². The Kier molecular flexibility index (Phi) is 3.32. The molecule has 2 N–H and O–H groups in total. The molecule has 94 valence electrons. The van der Waals surface area contributed by atoms with Gasteiger partial charge in [0.2, 0.25) is 0 Å². The first-order valence-electron chi connectivity index (χ1n) is 6.52. The van der Waals surface area contributed by atoms with E-state index in [0.717, 1.165) is 11.3 Å². The van der Waals surface area contributed by atoms with Crippen LogP contribution in [-0.2, 0) is 0 Å². The molecule has 0 bridgehead atoms. The first-order valence-corrected chi connectivity index (χ1v) is 6.52. The molecule has 1 aliphatic carbocycles. The number of anilines is 1. The summed E-state index contributed by atoms with van der Waals surface area (Å²) < 4.78 is 0. The van der Waals surface area contributed by atoms with Crippen LogP contribution in [0, 0.1) is 12.3 Å². The fourth-order valence-corrected chi connectivity index (χ4v) is 2.80. The highest BCUT2D eigenvalue weighted by Gasteiger charge is 2.27. The van der Waals surface area contributed by atoms with Crippen molar-refractivity contribution in [2.75, 3.05) is 5.32 Å². The lowest BCUT2D eigenvalue weighted by molar-refractivity contribution is 0.229. The molecule has 1 unspecified atom stereocenters. The number of aryl methyl sites for hydroxylation is 1. The van der Waals surface area contributed by atoms with E-state index in [1.165, 1.54) is 25.7 Å². The number of benzene rings is 1. The molecule has 1 aromatic carbocycles. The molecule has 1 atom stereocenters. The number of hydrogen-bond acceptors (Lipinski definition) is 2. The van der Waals surface area contributed by atoms with Crippen LogP contribution in [0.5, 0.6) is 5.75 Å². The van der Waals surface area contributed by atoms with Crippen molar-refractivity contribution < 1.29 is 5.11 Å². The zero-order chi connectivity index (χ0) is 12.5. The van der Waals surface area contributed by atoms with E-state index in [1.807, 2.05) is 19.1 Å². The molecule has 0 saturated heterocycles. The lowest BCUT2D eigenvalue weighted by Crippen LogP contribution is -2.31. The molecule has 2 rings (SSSR count). The van der Waals surface area contributed by atoms with Crippen molar-refractivity contribution in [2.45, 2.75) is 52.5 Å². The van der Waals surface area contributed by atoms with E-state index in [0.29, 0.717) is 17.2 Å². The van der Waals surface area contributed by atoms with Gasteiger partial charge in [-0.25, -0.2) is 0 Å². The minimum atomic E-state index is 0.375. The Morgan fingerprint density at radius 2 is 2.12 bits per heavy atom. The highest BCUT2D eigenvalue weighted by Crippen LogP contribution is 2.36. The minimum absolute atomic E-state index is 0.375. The van der Waals surface area contributed by atoms with E-state index < -0.39 is 0 Å². The van der Waals surface area contributed by atoms with Gasteiger partial charge in [0.05, 0.1) is 0 Å². The molecule has 2 nitrogen and oxygen atoms in total. The molecule has 1 saturated carbocycles. The maximum absolute atomic E-state index is 9.50.